The molecule has 1 aromatic carbocycles. The average Bonchev–Trinajstić information content (AvgIpc) is 3.02. The molecule has 0 radical (unpaired) electrons. The fraction of sp³-hybridized carbons (Fsp3) is 0.548. The van der Waals surface area contributed by atoms with Crippen LogP contribution in [0.5, 0.6) is 5.88 Å². The number of rotatable bonds is 11. The molecule has 4 heterocycles. The van der Waals surface area contributed by atoms with Crippen molar-refractivity contribution in [2.45, 2.75) is 63.3 Å². The fourth-order valence-electron chi connectivity index (χ4n) is 6.26. The predicted octanol–water partition coefficient (Wildman–Crippen LogP) is 4.38. The number of ether oxygens (including phenoxy) is 1. The van der Waals surface area contributed by atoms with Crippen molar-refractivity contribution in [3.63, 3.8) is 0 Å². The zero-order valence-electron chi connectivity index (χ0n) is 25.3. The molecule has 2 aliphatic heterocycles. The number of halogens is 3. The Hall–Kier alpha value is -3.52. The largest absolute Gasteiger partial charge is 0.475 e. The number of nitrogens with zero attached hydrogens (tertiary/aromatic N) is 3. The minimum absolute atomic E-state index is 0.0211. The fourth-order valence-corrected chi connectivity index (χ4v) is 7.75. The van der Waals surface area contributed by atoms with Crippen molar-refractivity contribution in [2.75, 3.05) is 36.5 Å². The zero-order chi connectivity index (χ0) is 32.4. The van der Waals surface area contributed by atoms with Crippen molar-refractivity contribution in [3.05, 3.63) is 57.1 Å². The van der Waals surface area contributed by atoms with Gasteiger partial charge in [0.2, 0.25) is 0 Å². The number of aromatic nitrogens is 3. The van der Waals surface area contributed by atoms with E-state index < -0.39 is 39.1 Å². The zero-order valence-corrected chi connectivity index (χ0v) is 26.1. The molecule has 0 amide bonds. The molecule has 3 aromatic rings. The summed E-state index contributed by atoms with van der Waals surface area (Å²) >= 11 is 0. The molecule has 0 unspecified atom stereocenters. The highest BCUT2D eigenvalue weighted by Gasteiger charge is 2.44. The van der Waals surface area contributed by atoms with Crippen LogP contribution >= 0.6 is 0 Å². The number of carbonyl (C=O) groups is 1. The lowest BCUT2D eigenvalue weighted by molar-refractivity contribution is -0.108. The molecule has 244 valence electrons. The van der Waals surface area contributed by atoms with Crippen LogP contribution in [-0.2, 0) is 27.6 Å². The van der Waals surface area contributed by atoms with Crippen molar-refractivity contribution >= 4 is 32.8 Å². The van der Waals surface area contributed by atoms with E-state index in [-0.39, 0.29) is 66.1 Å². The van der Waals surface area contributed by atoms with Gasteiger partial charge in [0.15, 0.2) is 5.82 Å². The van der Waals surface area contributed by atoms with Crippen LogP contribution in [0.4, 0.5) is 19.0 Å². The number of pyridine rings is 1. The van der Waals surface area contributed by atoms with Gasteiger partial charge >= 0.3 is 0 Å². The first-order valence-electron chi connectivity index (χ1n) is 15.3. The summed E-state index contributed by atoms with van der Waals surface area (Å²) in [5, 5.41) is 15.0. The minimum atomic E-state index is -3.35. The third-order valence-electron chi connectivity index (χ3n) is 8.90. The highest BCUT2D eigenvalue weighted by molar-refractivity contribution is 7.91. The maximum absolute atomic E-state index is 15.8. The van der Waals surface area contributed by atoms with Crippen LogP contribution in [0, 0.1) is 11.7 Å². The number of hydrogen-bond donors (Lipinski definition) is 2. The summed E-state index contributed by atoms with van der Waals surface area (Å²) in [4.78, 5) is 24.3. The van der Waals surface area contributed by atoms with Crippen molar-refractivity contribution in [2.24, 2.45) is 13.0 Å². The highest BCUT2D eigenvalue weighted by Crippen LogP contribution is 2.43. The minimum Gasteiger partial charge on any atom is -0.475 e. The van der Waals surface area contributed by atoms with Crippen LogP contribution < -0.4 is 20.9 Å². The molecule has 0 spiro atoms. The van der Waals surface area contributed by atoms with E-state index in [1.807, 2.05) is 0 Å². The molecule has 10 nitrogen and oxygen atoms in total. The van der Waals surface area contributed by atoms with Crippen LogP contribution in [0.2, 0.25) is 0 Å². The number of fused-ring (bicyclic) bond motifs is 1. The van der Waals surface area contributed by atoms with Gasteiger partial charge in [0.25, 0.3) is 17.4 Å². The molecule has 5 rings (SSSR count). The van der Waals surface area contributed by atoms with Crippen LogP contribution in [0.15, 0.2) is 29.1 Å². The van der Waals surface area contributed by atoms with E-state index in [4.69, 9.17) is 4.74 Å². The van der Waals surface area contributed by atoms with Crippen LogP contribution in [0.25, 0.3) is 10.9 Å². The second-order valence-corrected chi connectivity index (χ2v) is 14.2. The number of benzene rings is 1. The number of alkyl halides is 2. The molecule has 2 aliphatic rings. The summed E-state index contributed by atoms with van der Waals surface area (Å²) in [6.45, 7) is 2.66. The summed E-state index contributed by atoms with van der Waals surface area (Å²) in [6.07, 6.45) is 2.52. The van der Waals surface area contributed by atoms with Gasteiger partial charge in [-0.2, -0.15) is 0 Å². The van der Waals surface area contributed by atoms with E-state index in [1.54, 1.807) is 20.0 Å². The van der Waals surface area contributed by atoms with E-state index in [1.165, 1.54) is 16.7 Å². The lowest BCUT2D eigenvalue weighted by Crippen LogP contribution is -2.37. The molecular formula is C31H38F3N5O5S. The predicted molar refractivity (Wildman–Crippen MR) is 164 cm³/mol. The Labute approximate surface area is 259 Å². The number of anilines is 1. The van der Waals surface area contributed by atoms with Gasteiger partial charge in [-0.3, -0.25) is 4.79 Å². The van der Waals surface area contributed by atoms with Gasteiger partial charge in [-0.1, -0.05) is 18.2 Å². The van der Waals surface area contributed by atoms with Gasteiger partial charge in [-0.05, 0) is 64.1 Å². The summed E-state index contributed by atoms with van der Waals surface area (Å²) < 4.78 is 78.2. The Balaban J connectivity index is 1.53. The number of aryl methyl sites for hydroxylation is 1. The number of piperidine rings is 1. The Bertz CT molecular complexity index is 1710. The molecular weight excluding hydrogens is 611 g/mol. The lowest BCUT2D eigenvalue weighted by atomic mass is 9.86. The number of aldehydes is 1. The molecule has 2 fully saturated rings. The topological polar surface area (TPSA) is 132 Å². The molecule has 2 aromatic heterocycles. The van der Waals surface area contributed by atoms with E-state index >= 15 is 13.2 Å². The number of sulfone groups is 1. The quantitative estimate of drug-likeness (QED) is 0.229. The van der Waals surface area contributed by atoms with E-state index in [0.29, 0.717) is 48.8 Å². The molecule has 0 saturated carbocycles. The summed E-state index contributed by atoms with van der Waals surface area (Å²) in [5.74, 6) is -5.46. The Morgan fingerprint density at radius 1 is 1.18 bits per heavy atom. The van der Waals surface area contributed by atoms with Gasteiger partial charge in [-0.15, -0.1) is 10.2 Å². The van der Waals surface area contributed by atoms with E-state index in [9.17, 15) is 18.0 Å². The third kappa shape index (κ3) is 6.86. The number of unbranched alkanes of at least 4 members (excludes halogenated alkanes) is 1. The Kier molecular flexibility index (Phi) is 9.83. The SMILES string of the molecule is C[C@@H](Nc1nnc(OCCCC=O)c2c1cc(C1CCS(=O)(=O)CC1)c(=O)n2C)c1cccc(C(F)(F)C2CCNCC2)c1F. The van der Waals surface area contributed by atoms with Gasteiger partial charge in [0, 0.05) is 35.9 Å². The van der Waals surface area contributed by atoms with E-state index in [2.05, 4.69) is 20.8 Å². The Morgan fingerprint density at radius 3 is 2.58 bits per heavy atom. The van der Waals surface area contributed by atoms with E-state index in [0.717, 1.165) is 12.4 Å². The first-order valence-corrected chi connectivity index (χ1v) is 17.1. The summed E-state index contributed by atoms with van der Waals surface area (Å²) in [5.41, 5.74) is -0.254. The van der Waals surface area contributed by atoms with Gasteiger partial charge in [0.1, 0.15) is 27.5 Å². The molecule has 14 heteroatoms. The van der Waals surface area contributed by atoms with Gasteiger partial charge in [0.05, 0.1) is 29.7 Å². The Morgan fingerprint density at radius 2 is 1.89 bits per heavy atom. The van der Waals surface area contributed by atoms with Crippen molar-refractivity contribution in [1.29, 1.82) is 0 Å². The first-order chi connectivity index (χ1) is 21.4. The van der Waals surface area contributed by atoms with Crippen molar-refractivity contribution in [1.82, 2.24) is 20.1 Å². The smallest absolute Gasteiger partial charge is 0.278 e. The van der Waals surface area contributed by atoms with Gasteiger partial charge in [-0.25, -0.2) is 21.6 Å². The summed E-state index contributed by atoms with van der Waals surface area (Å²) in [7, 11) is -1.62. The monoisotopic (exact) mass is 649 g/mol. The molecule has 45 heavy (non-hydrogen) atoms. The first kappa shape index (κ1) is 32.9. The second-order valence-electron chi connectivity index (χ2n) is 11.9. The average molecular weight is 650 g/mol. The third-order valence-corrected chi connectivity index (χ3v) is 10.6. The molecule has 0 bridgehead atoms. The number of hydrogen-bond acceptors (Lipinski definition) is 9. The summed E-state index contributed by atoms with van der Waals surface area (Å²) in [6, 6.07) is 4.80. The molecule has 2 N–H and O–H groups in total. The number of nitrogens with one attached hydrogen (secondary N) is 2. The van der Waals surface area contributed by atoms with Crippen molar-refractivity contribution < 1.29 is 31.1 Å². The molecule has 2 saturated heterocycles. The van der Waals surface area contributed by atoms with Gasteiger partial charge < -0.3 is 24.7 Å². The maximum atomic E-state index is 15.8. The maximum Gasteiger partial charge on any atom is 0.278 e. The molecule has 1 atom stereocenters. The standard InChI is InChI=1S/C31H38F3N5O5S/c1-19(22-6-5-7-25(26(22)32)31(33,34)21-8-12-35-13-9-21)36-28-24-18-23(20-10-16-45(42,43)17-11-20)30(41)39(2)27(24)29(38-37-28)44-15-4-3-14-40/h5-7,14,18-21,35H,3-4,8-13,15-17H2,1-2H3,(H,36,37)/t19-/m1/s1. The lowest BCUT2D eigenvalue weighted by Gasteiger charge is -2.31. The van der Waals surface area contributed by atoms with Crippen LogP contribution in [0.1, 0.15) is 74.1 Å². The normalized spacial score (nSPS) is 18.5. The highest BCUT2D eigenvalue weighted by atomic mass is 32.2. The molecule has 0 aliphatic carbocycles. The number of carbonyl (C=O) groups excluding carboxylic acids is 1. The second kappa shape index (κ2) is 13.5. The van der Waals surface area contributed by atoms with Crippen molar-refractivity contribution in [3.8, 4) is 5.88 Å². The van der Waals surface area contributed by atoms with Crippen LogP contribution in [0.3, 0.4) is 0 Å². The van der Waals surface area contributed by atoms with Crippen LogP contribution in [-0.4, -0.2) is 60.7 Å².